The van der Waals surface area contributed by atoms with E-state index in [0.717, 1.165) is 16.9 Å². The van der Waals surface area contributed by atoms with E-state index in [1.807, 2.05) is 12.1 Å². The molecule has 2 aromatic rings. The fourth-order valence-corrected chi connectivity index (χ4v) is 3.76. The van der Waals surface area contributed by atoms with E-state index in [1.165, 1.54) is 11.9 Å². The smallest absolute Gasteiger partial charge is 0.407 e. The molecule has 1 aromatic heterocycles. The summed E-state index contributed by atoms with van der Waals surface area (Å²) in [7, 11) is 1.52. The van der Waals surface area contributed by atoms with Crippen molar-refractivity contribution in [2.75, 3.05) is 20.2 Å². The summed E-state index contributed by atoms with van der Waals surface area (Å²) >= 11 is 1.11. The molecule has 1 atom stereocenters. The summed E-state index contributed by atoms with van der Waals surface area (Å²) in [5.41, 5.74) is 7.29. The second kappa shape index (κ2) is 8.63. The Bertz CT molecular complexity index is 1060. The minimum atomic E-state index is -0.964. The third-order valence-electron chi connectivity index (χ3n) is 4.33. The Hall–Kier alpha value is -3.56. The SMILES string of the molecule is CN(CCCC#Cc1ccc2c(c1)-c1nc(C(N)=O)sc1C(C#N)CO2)C(=O)O. The monoisotopic (exact) mass is 410 g/mol. The summed E-state index contributed by atoms with van der Waals surface area (Å²) in [6.45, 7) is 0.578. The average molecular weight is 410 g/mol. The first-order valence-corrected chi connectivity index (χ1v) is 9.62. The molecule has 148 valence electrons. The van der Waals surface area contributed by atoms with Gasteiger partial charge in [0, 0.05) is 31.1 Å². The third-order valence-corrected chi connectivity index (χ3v) is 5.51. The zero-order valence-electron chi connectivity index (χ0n) is 15.6. The highest BCUT2D eigenvalue weighted by Gasteiger charge is 2.28. The molecule has 3 rings (SSSR count). The number of hydrogen-bond acceptors (Lipinski definition) is 6. The number of nitriles is 1. The average Bonchev–Trinajstić information content (AvgIpc) is 3.08. The van der Waals surface area contributed by atoms with Gasteiger partial charge >= 0.3 is 6.09 Å². The van der Waals surface area contributed by atoms with E-state index in [4.69, 9.17) is 15.6 Å². The Labute approximate surface area is 171 Å². The van der Waals surface area contributed by atoms with Gasteiger partial charge in [0.15, 0.2) is 5.01 Å². The lowest BCUT2D eigenvalue weighted by atomic mass is 10.0. The number of thiazole rings is 1. The van der Waals surface area contributed by atoms with Crippen molar-refractivity contribution in [3.63, 3.8) is 0 Å². The maximum atomic E-state index is 11.6. The number of nitrogens with two attached hydrogens (primary N) is 1. The summed E-state index contributed by atoms with van der Waals surface area (Å²) < 4.78 is 5.76. The van der Waals surface area contributed by atoms with Crippen molar-refractivity contribution in [3.05, 3.63) is 33.6 Å². The Morgan fingerprint density at radius 3 is 2.97 bits per heavy atom. The molecular formula is C20H18N4O4S. The molecule has 8 nitrogen and oxygen atoms in total. The Balaban J connectivity index is 1.86. The Kier molecular flexibility index (Phi) is 6.01. The van der Waals surface area contributed by atoms with Crippen LogP contribution in [0.3, 0.4) is 0 Å². The van der Waals surface area contributed by atoms with Crippen molar-refractivity contribution in [1.82, 2.24) is 9.88 Å². The zero-order valence-corrected chi connectivity index (χ0v) is 16.5. The largest absolute Gasteiger partial charge is 0.491 e. The highest BCUT2D eigenvalue weighted by atomic mass is 32.1. The van der Waals surface area contributed by atoms with E-state index in [0.29, 0.717) is 41.3 Å². The van der Waals surface area contributed by atoms with Crippen LogP contribution in [0, 0.1) is 23.2 Å². The van der Waals surface area contributed by atoms with Gasteiger partial charge in [-0.05, 0) is 24.6 Å². The number of carboxylic acid groups (broad SMARTS) is 1. The number of carbonyl (C=O) groups excluding carboxylic acids is 1. The molecule has 1 aliphatic rings. The maximum absolute atomic E-state index is 11.6. The van der Waals surface area contributed by atoms with E-state index in [2.05, 4.69) is 22.9 Å². The fraction of sp³-hybridized carbons (Fsp3) is 0.300. The number of aromatic nitrogens is 1. The van der Waals surface area contributed by atoms with Gasteiger partial charge in [0.2, 0.25) is 0 Å². The lowest BCUT2D eigenvalue weighted by molar-refractivity contribution is 0.1000. The standard InChI is InChI=1S/C20H18N4O4S/c1-24(20(26)27)8-4-2-3-5-12-6-7-15-14(9-12)16-17(13(10-21)11-28-15)29-19(23-16)18(22)25/h6-7,9,13H,2,4,8,11H2,1H3,(H2,22,25)(H,26,27). The predicted molar refractivity (Wildman–Crippen MR) is 107 cm³/mol. The number of nitrogens with zero attached hydrogens (tertiary/aromatic N) is 3. The Morgan fingerprint density at radius 2 is 2.28 bits per heavy atom. The molecule has 3 N–H and O–H groups in total. The van der Waals surface area contributed by atoms with E-state index >= 15 is 0 Å². The van der Waals surface area contributed by atoms with E-state index in [9.17, 15) is 14.9 Å². The van der Waals surface area contributed by atoms with Gasteiger partial charge in [0.1, 0.15) is 18.3 Å². The molecule has 0 saturated carbocycles. The van der Waals surface area contributed by atoms with Gasteiger partial charge < -0.3 is 20.5 Å². The van der Waals surface area contributed by atoms with Gasteiger partial charge in [-0.15, -0.1) is 11.3 Å². The molecule has 9 heteroatoms. The summed E-state index contributed by atoms with van der Waals surface area (Å²) in [5, 5.41) is 18.4. The molecule has 0 spiro atoms. The van der Waals surface area contributed by atoms with Gasteiger partial charge in [-0.2, -0.15) is 5.26 Å². The molecule has 2 amide bonds. The van der Waals surface area contributed by atoms with E-state index in [-0.39, 0.29) is 11.6 Å². The van der Waals surface area contributed by atoms with Crippen LogP contribution in [0.4, 0.5) is 4.79 Å². The van der Waals surface area contributed by atoms with Crippen molar-refractivity contribution in [2.24, 2.45) is 5.73 Å². The van der Waals surface area contributed by atoms with Gasteiger partial charge in [-0.1, -0.05) is 11.8 Å². The van der Waals surface area contributed by atoms with Crippen molar-refractivity contribution in [2.45, 2.75) is 18.8 Å². The topological polar surface area (TPSA) is 130 Å². The number of fused-ring (bicyclic) bond motifs is 3. The number of carbonyl (C=O) groups is 2. The summed E-state index contributed by atoms with van der Waals surface area (Å²) in [4.78, 5) is 28.5. The molecule has 1 unspecified atom stereocenters. The number of ether oxygens (including phenoxy) is 1. The second-order valence-corrected chi connectivity index (χ2v) is 7.44. The van der Waals surface area contributed by atoms with Gasteiger partial charge in [0.05, 0.1) is 16.6 Å². The summed E-state index contributed by atoms with van der Waals surface area (Å²) in [5.74, 6) is 5.48. The molecule has 29 heavy (non-hydrogen) atoms. The molecule has 2 heterocycles. The molecule has 0 fully saturated rings. The Morgan fingerprint density at radius 1 is 1.48 bits per heavy atom. The third kappa shape index (κ3) is 4.48. The molecule has 0 aliphatic carbocycles. The molecular weight excluding hydrogens is 392 g/mol. The van der Waals surface area contributed by atoms with Gasteiger partial charge in [0.25, 0.3) is 5.91 Å². The molecule has 0 bridgehead atoms. The quantitative estimate of drug-likeness (QED) is 0.589. The van der Waals surface area contributed by atoms with Gasteiger partial charge in [-0.3, -0.25) is 4.79 Å². The number of hydrogen-bond donors (Lipinski definition) is 2. The van der Waals surface area contributed by atoms with E-state index in [1.54, 1.807) is 6.07 Å². The highest BCUT2D eigenvalue weighted by Crippen LogP contribution is 2.41. The lowest BCUT2D eigenvalue weighted by Gasteiger charge is -2.10. The summed E-state index contributed by atoms with van der Waals surface area (Å²) in [6.07, 6.45) is 0.218. The van der Waals surface area contributed by atoms with Crippen molar-refractivity contribution in [3.8, 4) is 34.9 Å². The number of unbranched alkanes of at least 4 members (excludes halogenated alkanes) is 1. The van der Waals surface area contributed by atoms with Crippen molar-refractivity contribution < 1.29 is 19.4 Å². The van der Waals surface area contributed by atoms with Crippen LogP contribution < -0.4 is 10.5 Å². The van der Waals surface area contributed by atoms with Crippen molar-refractivity contribution in [1.29, 1.82) is 5.26 Å². The van der Waals surface area contributed by atoms with E-state index < -0.39 is 17.9 Å². The van der Waals surface area contributed by atoms with Crippen LogP contribution in [0.15, 0.2) is 18.2 Å². The minimum absolute atomic E-state index is 0.155. The maximum Gasteiger partial charge on any atom is 0.407 e. The molecule has 0 radical (unpaired) electrons. The first-order chi connectivity index (χ1) is 13.9. The number of primary amides is 1. The van der Waals surface area contributed by atoms with Crippen LogP contribution in [-0.4, -0.2) is 47.2 Å². The number of amides is 2. The fourth-order valence-electron chi connectivity index (χ4n) is 2.79. The normalized spacial score (nSPS) is 14.1. The molecule has 0 saturated heterocycles. The van der Waals surface area contributed by atoms with Crippen LogP contribution in [0.2, 0.25) is 0 Å². The van der Waals surface area contributed by atoms with Crippen LogP contribution in [0.5, 0.6) is 5.75 Å². The molecule has 1 aromatic carbocycles. The second-order valence-electron chi connectivity index (χ2n) is 6.41. The molecule has 1 aliphatic heterocycles. The minimum Gasteiger partial charge on any atom is -0.491 e. The van der Waals surface area contributed by atoms with Crippen LogP contribution in [0.25, 0.3) is 11.3 Å². The van der Waals surface area contributed by atoms with Crippen LogP contribution >= 0.6 is 11.3 Å². The zero-order chi connectivity index (χ0) is 21.0. The number of rotatable bonds is 4. The highest BCUT2D eigenvalue weighted by molar-refractivity contribution is 7.14. The lowest BCUT2D eigenvalue weighted by Crippen LogP contribution is -2.25. The number of benzene rings is 1. The van der Waals surface area contributed by atoms with Crippen molar-refractivity contribution >= 4 is 23.3 Å². The van der Waals surface area contributed by atoms with Crippen LogP contribution in [-0.2, 0) is 0 Å². The van der Waals surface area contributed by atoms with Crippen LogP contribution in [0.1, 0.15) is 39.0 Å². The first-order valence-electron chi connectivity index (χ1n) is 8.81. The first kappa shape index (κ1) is 20.2. The summed E-state index contributed by atoms with van der Waals surface area (Å²) in [6, 6.07) is 7.58. The predicted octanol–water partition coefficient (Wildman–Crippen LogP) is 2.65. The van der Waals surface area contributed by atoms with Gasteiger partial charge in [-0.25, -0.2) is 9.78 Å².